The highest BCUT2D eigenvalue weighted by Gasteiger charge is 2.13. The lowest BCUT2D eigenvalue weighted by Crippen LogP contribution is -2.26. The van der Waals surface area contributed by atoms with Gasteiger partial charge in [0.15, 0.2) is 18.1 Å². The molecule has 0 aliphatic carbocycles. The Hall–Kier alpha value is -3.02. The van der Waals surface area contributed by atoms with Crippen molar-refractivity contribution in [2.45, 2.75) is 26.3 Å². The van der Waals surface area contributed by atoms with Crippen molar-refractivity contribution in [3.05, 3.63) is 59.2 Å². The third-order valence-corrected chi connectivity index (χ3v) is 4.00. The molecule has 0 aromatic heterocycles. The predicted octanol–water partition coefficient (Wildman–Crippen LogP) is 3.21. The fourth-order valence-electron chi connectivity index (χ4n) is 2.46. The van der Waals surface area contributed by atoms with Gasteiger partial charge in [-0.3, -0.25) is 4.79 Å². The number of rotatable bonds is 7. The lowest BCUT2D eigenvalue weighted by atomic mass is 10.0. The van der Waals surface area contributed by atoms with E-state index in [1.54, 1.807) is 6.21 Å². The van der Waals surface area contributed by atoms with Crippen LogP contribution >= 0.6 is 0 Å². The summed E-state index contributed by atoms with van der Waals surface area (Å²) in [5.41, 5.74) is 3.12. The Morgan fingerprint density at radius 3 is 2.73 bits per heavy atom. The number of carbonyl (C=O) groups is 1. The first-order valence-corrected chi connectivity index (χ1v) is 8.52. The summed E-state index contributed by atoms with van der Waals surface area (Å²) in [7, 11) is 0. The molecule has 0 spiro atoms. The number of oxime groups is 1. The summed E-state index contributed by atoms with van der Waals surface area (Å²) >= 11 is 0. The molecule has 3 rings (SSSR count). The summed E-state index contributed by atoms with van der Waals surface area (Å²) < 4.78 is 10.6. The van der Waals surface area contributed by atoms with Gasteiger partial charge in [0, 0.05) is 6.54 Å². The first kappa shape index (κ1) is 17.8. The Kier molecular flexibility index (Phi) is 5.73. The Morgan fingerprint density at radius 1 is 1.19 bits per heavy atom. The molecule has 1 aliphatic rings. The van der Waals surface area contributed by atoms with Gasteiger partial charge >= 0.3 is 0 Å². The molecule has 0 fully saturated rings. The molecule has 0 saturated carbocycles. The van der Waals surface area contributed by atoms with Gasteiger partial charge in [-0.25, -0.2) is 0 Å². The quantitative estimate of drug-likeness (QED) is 0.612. The van der Waals surface area contributed by atoms with Crippen LogP contribution in [0, 0.1) is 0 Å². The van der Waals surface area contributed by atoms with Gasteiger partial charge in [-0.15, -0.1) is 0 Å². The second kappa shape index (κ2) is 8.38. The van der Waals surface area contributed by atoms with Crippen LogP contribution < -0.4 is 14.8 Å². The van der Waals surface area contributed by atoms with E-state index in [1.165, 1.54) is 5.56 Å². The van der Waals surface area contributed by atoms with Gasteiger partial charge in [0.25, 0.3) is 5.91 Å². The topological polar surface area (TPSA) is 69.2 Å². The minimum atomic E-state index is -0.241. The van der Waals surface area contributed by atoms with Crippen LogP contribution in [-0.2, 0) is 16.2 Å². The number of amides is 1. The predicted molar refractivity (Wildman–Crippen MR) is 98.5 cm³/mol. The molecule has 0 unspecified atom stereocenters. The monoisotopic (exact) mass is 354 g/mol. The van der Waals surface area contributed by atoms with E-state index in [9.17, 15) is 4.79 Å². The fraction of sp³-hybridized carbons (Fsp3) is 0.300. The first-order chi connectivity index (χ1) is 12.6. The summed E-state index contributed by atoms with van der Waals surface area (Å²) in [6.45, 7) is 4.78. The van der Waals surface area contributed by atoms with Gasteiger partial charge in [-0.1, -0.05) is 49.3 Å². The standard InChI is InChI=1S/C20H22N2O4/c1-14(2)17-6-3-15(4-7-17)11-22-26-12-20(23)21-10-16-5-8-18-19(9-16)25-13-24-18/h3-9,11,14H,10,12-13H2,1-2H3,(H,21,23)/b22-11+. The van der Waals surface area contributed by atoms with Crippen LogP contribution in [0.1, 0.15) is 36.5 Å². The molecule has 1 heterocycles. The number of hydrogen-bond acceptors (Lipinski definition) is 5. The van der Waals surface area contributed by atoms with E-state index in [4.69, 9.17) is 14.3 Å². The van der Waals surface area contributed by atoms with Gasteiger partial charge in [0.2, 0.25) is 6.79 Å². The lowest BCUT2D eigenvalue weighted by Gasteiger charge is -2.06. The summed E-state index contributed by atoms with van der Waals surface area (Å²) in [4.78, 5) is 16.9. The molecule has 2 aromatic rings. The van der Waals surface area contributed by atoms with Crippen LogP contribution in [0.3, 0.4) is 0 Å². The van der Waals surface area contributed by atoms with Gasteiger partial charge in [0.1, 0.15) is 0 Å². The first-order valence-electron chi connectivity index (χ1n) is 8.52. The van der Waals surface area contributed by atoms with Crippen molar-refractivity contribution < 1.29 is 19.1 Å². The van der Waals surface area contributed by atoms with E-state index < -0.39 is 0 Å². The normalized spacial score (nSPS) is 12.6. The van der Waals surface area contributed by atoms with Crippen molar-refractivity contribution in [2.75, 3.05) is 13.4 Å². The molecule has 2 aromatic carbocycles. The maximum Gasteiger partial charge on any atom is 0.261 e. The summed E-state index contributed by atoms with van der Waals surface area (Å²) in [6.07, 6.45) is 1.59. The van der Waals surface area contributed by atoms with Gasteiger partial charge in [-0.2, -0.15) is 0 Å². The van der Waals surface area contributed by atoms with Crippen molar-refractivity contribution in [1.29, 1.82) is 0 Å². The second-order valence-corrected chi connectivity index (χ2v) is 6.29. The molecule has 136 valence electrons. The molecule has 1 N–H and O–H groups in total. The number of carbonyl (C=O) groups excluding carboxylic acids is 1. The second-order valence-electron chi connectivity index (χ2n) is 6.29. The Labute approximate surface area is 152 Å². The van der Waals surface area contributed by atoms with Crippen LogP contribution in [0.2, 0.25) is 0 Å². The van der Waals surface area contributed by atoms with Crippen molar-refractivity contribution in [3.63, 3.8) is 0 Å². The van der Waals surface area contributed by atoms with Crippen LogP contribution in [0.15, 0.2) is 47.6 Å². The maximum absolute atomic E-state index is 11.8. The zero-order valence-electron chi connectivity index (χ0n) is 14.9. The molecule has 1 amide bonds. The Balaban J connectivity index is 1.40. The van der Waals surface area contributed by atoms with Crippen molar-refractivity contribution in [2.24, 2.45) is 5.16 Å². The third-order valence-electron chi connectivity index (χ3n) is 4.00. The lowest BCUT2D eigenvalue weighted by molar-refractivity contribution is -0.125. The molecule has 0 radical (unpaired) electrons. The Bertz CT molecular complexity index is 785. The van der Waals surface area contributed by atoms with Gasteiger partial charge in [0.05, 0.1) is 6.21 Å². The van der Waals surface area contributed by atoms with Crippen molar-refractivity contribution in [3.8, 4) is 11.5 Å². The van der Waals surface area contributed by atoms with E-state index in [1.807, 2.05) is 30.3 Å². The summed E-state index contributed by atoms with van der Waals surface area (Å²) in [6, 6.07) is 13.6. The largest absolute Gasteiger partial charge is 0.454 e. The average molecular weight is 354 g/mol. The average Bonchev–Trinajstić information content (AvgIpc) is 3.11. The molecular weight excluding hydrogens is 332 g/mol. The molecule has 26 heavy (non-hydrogen) atoms. The molecule has 6 nitrogen and oxygen atoms in total. The number of fused-ring (bicyclic) bond motifs is 1. The molecule has 6 heteroatoms. The zero-order chi connectivity index (χ0) is 18.4. The molecular formula is C20H22N2O4. The smallest absolute Gasteiger partial charge is 0.261 e. The van der Waals surface area contributed by atoms with Gasteiger partial charge < -0.3 is 19.6 Å². The number of nitrogens with zero attached hydrogens (tertiary/aromatic N) is 1. The number of benzene rings is 2. The number of nitrogens with one attached hydrogen (secondary N) is 1. The van der Waals surface area contributed by atoms with Gasteiger partial charge in [-0.05, 0) is 34.7 Å². The highest BCUT2D eigenvalue weighted by molar-refractivity contribution is 5.79. The maximum atomic E-state index is 11.8. The Morgan fingerprint density at radius 2 is 1.96 bits per heavy atom. The minimum Gasteiger partial charge on any atom is -0.454 e. The van der Waals surface area contributed by atoms with E-state index in [2.05, 4.69) is 36.5 Å². The SMILES string of the molecule is CC(C)c1ccc(/C=N/OCC(=O)NCc2ccc3c(c2)OCO3)cc1. The number of hydrogen-bond donors (Lipinski definition) is 1. The van der Waals surface area contributed by atoms with Crippen LogP contribution in [0.4, 0.5) is 0 Å². The zero-order valence-corrected chi connectivity index (χ0v) is 14.9. The molecule has 0 saturated heterocycles. The van der Waals surface area contributed by atoms with Crippen molar-refractivity contribution >= 4 is 12.1 Å². The minimum absolute atomic E-state index is 0.134. The van der Waals surface area contributed by atoms with Crippen LogP contribution in [-0.4, -0.2) is 25.5 Å². The molecule has 0 bridgehead atoms. The van der Waals surface area contributed by atoms with E-state index in [0.29, 0.717) is 18.2 Å². The fourth-order valence-corrected chi connectivity index (χ4v) is 2.46. The van der Waals surface area contributed by atoms with Crippen LogP contribution in [0.5, 0.6) is 11.5 Å². The molecule has 0 atom stereocenters. The van der Waals surface area contributed by atoms with E-state index in [0.717, 1.165) is 16.9 Å². The summed E-state index contributed by atoms with van der Waals surface area (Å²) in [5.74, 6) is 1.67. The molecule has 1 aliphatic heterocycles. The highest BCUT2D eigenvalue weighted by Crippen LogP contribution is 2.32. The highest BCUT2D eigenvalue weighted by atomic mass is 16.7. The summed E-state index contributed by atoms with van der Waals surface area (Å²) in [5, 5.41) is 6.61. The van der Waals surface area contributed by atoms with E-state index in [-0.39, 0.29) is 19.3 Å². The third kappa shape index (κ3) is 4.75. The number of ether oxygens (including phenoxy) is 2. The van der Waals surface area contributed by atoms with E-state index >= 15 is 0 Å². The van der Waals surface area contributed by atoms with Crippen LogP contribution in [0.25, 0.3) is 0 Å². The van der Waals surface area contributed by atoms with Crippen molar-refractivity contribution in [1.82, 2.24) is 5.32 Å².